The van der Waals surface area contributed by atoms with E-state index in [0.717, 1.165) is 20.9 Å². The summed E-state index contributed by atoms with van der Waals surface area (Å²) in [5, 5.41) is 0.841. The Balaban J connectivity index is 1.56. The van der Waals surface area contributed by atoms with Crippen LogP contribution in [0.25, 0.3) is 20.9 Å². The van der Waals surface area contributed by atoms with Crippen molar-refractivity contribution < 1.29 is 13.2 Å². The summed E-state index contributed by atoms with van der Waals surface area (Å²) < 4.78 is 32.6. The van der Waals surface area contributed by atoms with E-state index in [1.54, 1.807) is 30.5 Å². The average Bonchev–Trinajstić information content (AvgIpc) is 3.12. The molecule has 0 spiro atoms. The monoisotopic (exact) mass is 397 g/mol. The van der Waals surface area contributed by atoms with E-state index in [4.69, 9.17) is 4.74 Å². The lowest BCUT2D eigenvalue weighted by molar-refractivity contribution is 0.414. The van der Waals surface area contributed by atoms with Gasteiger partial charge in [-0.05, 0) is 60.7 Å². The van der Waals surface area contributed by atoms with Crippen LogP contribution >= 0.6 is 11.3 Å². The first-order valence-corrected chi connectivity index (χ1v) is 10.3. The highest BCUT2D eigenvalue weighted by Crippen LogP contribution is 2.29. The summed E-state index contributed by atoms with van der Waals surface area (Å²) in [5.74, 6) is 0.601. The molecule has 1 N–H and O–H groups in total. The largest absolute Gasteiger partial charge is 0.497 e. The first kappa shape index (κ1) is 17.4. The Morgan fingerprint density at radius 2 is 1.74 bits per heavy atom. The molecule has 27 heavy (non-hydrogen) atoms. The van der Waals surface area contributed by atoms with Crippen LogP contribution in [0, 0.1) is 0 Å². The van der Waals surface area contributed by atoms with Crippen molar-refractivity contribution in [3.63, 3.8) is 0 Å². The van der Waals surface area contributed by atoms with Gasteiger partial charge < -0.3 is 4.74 Å². The third kappa shape index (κ3) is 3.62. The predicted molar refractivity (Wildman–Crippen MR) is 107 cm³/mol. The first-order valence-electron chi connectivity index (χ1n) is 8.04. The molecule has 0 saturated heterocycles. The van der Waals surface area contributed by atoms with Crippen molar-refractivity contribution in [2.24, 2.45) is 0 Å². The average molecular weight is 397 g/mol. The molecule has 0 unspecified atom stereocenters. The molecule has 0 bridgehead atoms. The number of benzene rings is 2. The van der Waals surface area contributed by atoms with Crippen molar-refractivity contribution >= 4 is 37.4 Å². The highest BCUT2D eigenvalue weighted by molar-refractivity contribution is 7.92. The van der Waals surface area contributed by atoms with E-state index in [-0.39, 0.29) is 4.90 Å². The first-order chi connectivity index (χ1) is 13.0. The molecule has 8 heteroatoms. The van der Waals surface area contributed by atoms with Gasteiger partial charge in [0.05, 0.1) is 12.0 Å². The number of rotatable bonds is 5. The second-order valence-corrected chi connectivity index (χ2v) is 8.36. The van der Waals surface area contributed by atoms with Gasteiger partial charge in [0, 0.05) is 17.4 Å². The molecule has 4 rings (SSSR count). The molecule has 0 aliphatic rings. The maximum absolute atomic E-state index is 12.5. The Kier molecular flexibility index (Phi) is 4.51. The number of thiazole rings is 1. The predicted octanol–water partition coefficient (Wildman–Crippen LogP) is 4.17. The highest BCUT2D eigenvalue weighted by atomic mass is 32.2. The minimum absolute atomic E-state index is 0.171. The number of hydrogen-bond acceptors (Lipinski definition) is 6. The van der Waals surface area contributed by atoms with Crippen LogP contribution in [0.1, 0.15) is 0 Å². The second kappa shape index (κ2) is 6.98. The number of sulfonamides is 1. The molecule has 2 heterocycles. The van der Waals surface area contributed by atoms with Crippen molar-refractivity contribution in [1.29, 1.82) is 0 Å². The fourth-order valence-electron chi connectivity index (χ4n) is 2.54. The molecule has 0 saturated carbocycles. The molecule has 136 valence electrons. The molecular formula is C19H15N3O3S2. The summed E-state index contributed by atoms with van der Waals surface area (Å²) in [6.45, 7) is 0. The third-order valence-corrected chi connectivity index (χ3v) is 6.35. The third-order valence-electron chi connectivity index (χ3n) is 3.92. The molecule has 0 atom stereocenters. The summed E-state index contributed by atoms with van der Waals surface area (Å²) in [4.78, 5) is 9.89. The number of ether oxygens (including phenoxy) is 1. The van der Waals surface area contributed by atoms with E-state index >= 15 is 0 Å². The Morgan fingerprint density at radius 1 is 1.00 bits per heavy atom. The number of hydrogen-bond donors (Lipinski definition) is 1. The quantitative estimate of drug-likeness (QED) is 0.547. The summed E-state index contributed by atoms with van der Waals surface area (Å²) in [6.07, 6.45) is 1.74. The van der Waals surface area contributed by atoms with Crippen LogP contribution < -0.4 is 9.46 Å². The number of nitrogens with one attached hydrogen (secondary N) is 1. The van der Waals surface area contributed by atoms with Crippen LogP contribution in [-0.2, 0) is 10.0 Å². The summed E-state index contributed by atoms with van der Waals surface area (Å²) in [5.41, 5.74) is 2.24. The topological polar surface area (TPSA) is 81.2 Å². The summed E-state index contributed by atoms with van der Waals surface area (Å²) in [7, 11) is -2.13. The minimum atomic E-state index is -3.66. The fraction of sp³-hybridized carbons (Fsp3) is 0.0526. The lowest BCUT2D eigenvalue weighted by Gasteiger charge is -2.09. The molecule has 2 aromatic carbocycles. The van der Waals surface area contributed by atoms with Crippen molar-refractivity contribution in [2.75, 3.05) is 11.8 Å². The maximum Gasteiger partial charge on any atom is 0.261 e. The van der Waals surface area contributed by atoms with Crippen LogP contribution in [0.3, 0.4) is 0 Å². The Morgan fingerprint density at radius 3 is 2.41 bits per heavy atom. The lowest BCUT2D eigenvalue weighted by Crippen LogP contribution is -2.12. The Labute approximate surface area is 160 Å². The molecule has 0 aliphatic heterocycles. The molecule has 0 fully saturated rings. The van der Waals surface area contributed by atoms with E-state index < -0.39 is 10.0 Å². The standard InChI is InChI=1S/C19H15N3O3S2/c1-25-15-8-10-16(11-9-15)27(23,24)22-14-6-4-13(5-7-14)18-21-17-3-2-12-20-19(17)26-18/h2-12,22H,1H3. The van der Waals surface area contributed by atoms with Gasteiger partial charge in [0.2, 0.25) is 0 Å². The lowest BCUT2D eigenvalue weighted by atomic mass is 10.2. The number of methoxy groups -OCH3 is 1. The number of nitrogens with zero attached hydrogens (tertiary/aromatic N) is 2. The van der Waals surface area contributed by atoms with E-state index in [9.17, 15) is 8.42 Å². The minimum Gasteiger partial charge on any atom is -0.497 e. The van der Waals surface area contributed by atoms with E-state index in [2.05, 4.69) is 14.7 Å². The molecular weight excluding hydrogens is 382 g/mol. The molecule has 6 nitrogen and oxygen atoms in total. The zero-order chi connectivity index (χ0) is 18.9. The number of pyridine rings is 1. The van der Waals surface area contributed by atoms with Gasteiger partial charge in [-0.25, -0.2) is 18.4 Å². The van der Waals surface area contributed by atoms with Gasteiger partial charge in [-0.15, -0.1) is 0 Å². The molecule has 0 amide bonds. The molecule has 0 aliphatic carbocycles. The van der Waals surface area contributed by atoms with E-state index in [1.807, 2.05) is 24.3 Å². The van der Waals surface area contributed by atoms with Gasteiger partial charge in [-0.1, -0.05) is 11.3 Å². The zero-order valence-electron chi connectivity index (χ0n) is 14.3. The molecule has 0 radical (unpaired) electrons. The van der Waals surface area contributed by atoms with E-state index in [0.29, 0.717) is 11.4 Å². The van der Waals surface area contributed by atoms with Gasteiger partial charge in [0.15, 0.2) is 0 Å². The Bertz CT molecular complexity index is 1150. The number of fused-ring (bicyclic) bond motifs is 1. The van der Waals surface area contributed by atoms with Crippen LogP contribution in [0.2, 0.25) is 0 Å². The van der Waals surface area contributed by atoms with Gasteiger partial charge in [0.1, 0.15) is 21.1 Å². The zero-order valence-corrected chi connectivity index (χ0v) is 15.9. The SMILES string of the molecule is COc1ccc(S(=O)(=O)Nc2ccc(-c3nc4cccnc4s3)cc2)cc1. The van der Waals surface area contributed by atoms with Crippen molar-refractivity contribution in [2.45, 2.75) is 4.90 Å². The van der Waals surface area contributed by atoms with Crippen molar-refractivity contribution in [1.82, 2.24) is 9.97 Å². The normalized spacial score (nSPS) is 11.4. The summed E-state index contributed by atoms with van der Waals surface area (Å²) in [6, 6.07) is 17.1. The van der Waals surface area contributed by atoms with Crippen LogP contribution in [0.15, 0.2) is 71.8 Å². The number of aromatic nitrogens is 2. The maximum atomic E-state index is 12.5. The van der Waals surface area contributed by atoms with Gasteiger partial charge >= 0.3 is 0 Å². The smallest absolute Gasteiger partial charge is 0.261 e. The van der Waals surface area contributed by atoms with E-state index in [1.165, 1.54) is 30.6 Å². The van der Waals surface area contributed by atoms with Crippen LogP contribution in [0.5, 0.6) is 5.75 Å². The molecule has 2 aromatic heterocycles. The second-order valence-electron chi connectivity index (χ2n) is 5.71. The van der Waals surface area contributed by atoms with Crippen molar-refractivity contribution in [3.05, 3.63) is 66.9 Å². The molecule has 4 aromatic rings. The summed E-state index contributed by atoms with van der Waals surface area (Å²) >= 11 is 1.50. The Hall–Kier alpha value is -2.97. The fourth-order valence-corrected chi connectivity index (χ4v) is 4.51. The van der Waals surface area contributed by atoms with Crippen molar-refractivity contribution in [3.8, 4) is 16.3 Å². The van der Waals surface area contributed by atoms with Gasteiger partial charge in [-0.2, -0.15) is 0 Å². The van der Waals surface area contributed by atoms with Gasteiger partial charge in [0.25, 0.3) is 10.0 Å². The highest BCUT2D eigenvalue weighted by Gasteiger charge is 2.14. The van der Waals surface area contributed by atoms with Crippen LogP contribution in [-0.4, -0.2) is 25.5 Å². The van der Waals surface area contributed by atoms with Gasteiger partial charge in [-0.3, -0.25) is 4.72 Å². The van der Waals surface area contributed by atoms with Crippen LogP contribution in [0.4, 0.5) is 5.69 Å². The number of anilines is 1.